The van der Waals surface area contributed by atoms with Gasteiger partial charge in [0.05, 0.1) is 17.8 Å². The fraction of sp³-hybridized carbons (Fsp3) is 0.0800. The Balaban J connectivity index is 1.34. The van der Waals surface area contributed by atoms with Crippen LogP contribution >= 0.6 is 22.9 Å². The number of ether oxygens (including phenoxy) is 2. The summed E-state index contributed by atoms with van der Waals surface area (Å²) in [5.41, 5.74) is 3.67. The third-order valence-corrected chi connectivity index (χ3v) is 6.27. The number of nitrogens with one attached hydrogen (secondary N) is 1. The van der Waals surface area contributed by atoms with Crippen molar-refractivity contribution in [1.29, 1.82) is 0 Å². The second-order valence-electron chi connectivity index (χ2n) is 6.86. The Labute approximate surface area is 199 Å². The number of hydrazone groups is 1. The average molecular weight is 479 g/mol. The molecule has 0 radical (unpaired) electrons. The van der Waals surface area contributed by atoms with Gasteiger partial charge in [-0.1, -0.05) is 29.8 Å². The molecule has 4 rings (SSSR count). The summed E-state index contributed by atoms with van der Waals surface area (Å²) in [6.07, 6.45) is 1.50. The zero-order valence-corrected chi connectivity index (χ0v) is 19.2. The molecule has 0 bridgehead atoms. The minimum Gasteiger partial charge on any atom is -0.494 e. The predicted molar refractivity (Wildman–Crippen MR) is 131 cm³/mol. The van der Waals surface area contributed by atoms with Crippen molar-refractivity contribution in [1.82, 2.24) is 5.43 Å². The highest BCUT2D eigenvalue weighted by Gasteiger charge is 2.18. The summed E-state index contributed by atoms with van der Waals surface area (Å²) in [6, 6.07) is 21.1. The number of thiophene rings is 1. The summed E-state index contributed by atoms with van der Waals surface area (Å²) >= 11 is 7.64. The van der Waals surface area contributed by atoms with Crippen molar-refractivity contribution < 1.29 is 19.1 Å². The van der Waals surface area contributed by atoms with Crippen LogP contribution in [0, 0.1) is 0 Å². The molecule has 0 aliphatic rings. The van der Waals surface area contributed by atoms with Gasteiger partial charge in [0, 0.05) is 15.6 Å². The van der Waals surface area contributed by atoms with Gasteiger partial charge in [-0.05, 0) is 67.1 Å². The topological polar surface area (TPSA) is 77.0 Å². The minimum absolute atomic E-state index is 0.333. The molecule has 1 amide bonds. The van der Waals surface area contributed by atoms with E-state index >= 15 is 0 Å². The molecule has 1 N–H and O–H groups in total. The maximum Gasteiger partial charge on any atom is 0.355 e. The summed E-state index contributed by atoms with van der Waals surface area (Å²) in [5.74, 6) is 0.238. The molecule has 8 heteroatoms. The largest absolute Gasteiger partial charge is 0.494 e. The number of hydrogen-bond acceptors (Lipinski definition) is 6. The Morgan fingerprint density at radius 1 is 1.00 bits per heavy atom. The van der Waals surface area contributed by atoms with Gasteiger partial charge in [0.1, 0.15) is 16.4 Å². The molecular formula is C25H19ClN2O4S. The van der Waals surface area contributed by atoms with E-state index in [1.165, 1.54) is 17.6 Å². The maximum atomic E-state index is 12.6. The van der Waals surface area contributed by atoms with E-state index in [1.54, 1.807) is 48.5 Å². The van der Waals surface area contributed by atoms with Gasteiger partial charge >= 0.3 is 5.97 Å². The second kappa shape index (κ2) is 10.3. The van der Waals surface area contributed by atoms with Crippen LogP contribution in [0.2, 0.25) is 5.02 Å². The quantitative estimate of drug-likeness (QED) is 0.154. The number of carbonyl (C=O) groups is 2. The lowest BCUT2D eigenvalue weighted by Gasteiger charge is -2.04. The second-order valence-corrected chi connectivity index (χ2v) is 8.29. The molecule has 0 fully saturated rings. The SMILES string of the molecule is CCOc1ccc(C(=O)N/N=C\c2ccc(OC(=O)c3sc4ccccc4c3Cl)cc2)cc1. The molecule has 0 spiro atoms. The zero-order chi connectivity index (χ0) is 23.2. The van der Waals surface area contributed by atoms with Crippen molar-refractivity contribution in [2.75, 3.05) is 6.61 Å². The monoisotopic (exact) mass is 478 g/mol. The molecule has 1 aromatic heterocycles. The van der Waals surface area contributed by atoms with Crippen molar-refractivity contribution >= 4 is 51.1 Å². The standard InChI is InChI=1S/C25H19ClN2O4S/c1-2-31-18-13-9-17(10-14-18)24(29)28-27-15-16-7-11-19(12-8-16)32-25(30)23-22(26)20-5-3-4-6-21(20)33-23/h3-15H,2H2,1H3,(H,28,29)/b27-15-. The van der Waals surface area contributed by atoms with Gasteiger partial charge < -0.3 is 9.47 Å². The normalized spacial score (nSPS) is 11.0. The smallest absolute Gasteiger partial charge is 0.355 e. The summed E-state index contributed by atoms with van der Waals surface area (Å²) in [5, 5.41) is 5.20. The lowest BCUT2D eigenvalue weighted by atomic mass is 10.2. The van der Waals surface area contributed by atoms with Crippen LogP contribution < -0.4 is 14.9 Å². The fourth-order valence-corrected chi connectivity index (χ4v) is 4.40. The Hall–Kier alpha value is -3.68. The van der Waals surface area contributed by atoms with Gasteiger partial charge in [0.15, 0.2) is 0 Å². The number of benzene rings is 3. The van der Waals surface area contributed by atoms with E-state index in [4.69, 9.17) is 21.1 Å². The van der Waals surface area contributed by atoms with Crippen molar-refractivity contribution in [2.24, 2.45) is 5.10 Å². The van der Waals surface area contributed by atoms with Crippen LogP contribution in [0.5, 0.6) is 11.5 Å². The third-order valence-electron chi connectivity index (χ3n) is 4.62. The number of esters is 1. The Bertz CT molecular complexity index is 1310. The molecule has 166 valence electrons. The van der Waals surface area contributed by atoms with Crippen LogP contribution in [0.1, 0.15) is 32.5 Å². The van der Waals surface area contributed by atoms with Gasteiger partial charge in [0.2, 0.25) is 0 Å². The molecule has 0 saturated carbocycles. The fourth-order valence-electron chi connectivity index (χ4n) is 3.02. The van der Waals surface area contributed by atoms with Crippen molar-refractivity contribution in [2.45, 2.75) is 6.92 Å². The Kier molecular flexibility index (Phi) is 7.02. The molecule has 0 atom stereocenters. The molecule has 3 aromatic carbocycles. The maximum absolute atomic E-state index is 12.6. The lowest BCUT2D eigenvalue weighted by Crippen LogP contribution is -2.17. The van der Waals surface area contributed by atoms with Gasteiger partial charge in [-0.25, -0.2) is 10.2 Å². The highest BCUT2D eigenvalue weighted by Crippen LogP contribution is 2.35. The van der Waals surface area contributed by atoms with Crippen LogP contribution in [0.15, 0.2) is 77.9 Å². The van der Waals surface area contributed by atoms with E-state index in [9.17, 15) is 9.59 Å². The number of halogens is 1. The summed E-state index contributed by atoms with van der Waals surface area (Å²) in [6.45, 7) is 2.46. The Morgan fingerprint density at radius 2 is 1.70 bits per heavy atom. The van der Waals surface area contributed by atoms with E-state index in [2.05, 4.69) is 10.5 Å². The van der Waals surface area contributed by atoms with Crippen molar-refractivity contribution in [3.05, 3.63) is 93.8 Å². The first-order valence-corrected chi connectivity index (χ1v) is 11.3. The van der Waals surface area contributed by atoms with E-state index in [0.29, 0.717) is 33.6 Å². The van der Waals surface area contributed by atoms with Crippen molar-refractivity contribution in [3.63, 3.8) is 0 Å². The molecule has 0 saturated heterocycles. The van der Waals surface area contributed by atoms with E-state index < -0.39 is 5.97 Å². The number of rotatable bonds is 7. The van der Waals surface area contributed by atoms with Crippen LogP contribution in [0.3, 0.4) is 0 Å². The highest BCUT2D eigenvalue weighted by atomic mass is 35.5. The lowest BCUT2D eigenvalue weighted by molar-refractivity contribution is 0.0739. The number of fused-ring (bicyclic) bond motifs is 1. The first-order chi connectivity index (χ1) is 16.0. The molecule has 0 unspecified atom stereocenters. The van der Waals surface area contributed by atoms with Crippen molar-refractivity contribution in [3.8, 4) is 11.5 Å². The summed E-state index contributed by atoms with van der Waals surface area (Å²) in [4.78, 5) is 25.1. The molecule has 1 heterocycles. The van der Waals surface area contributed by atoms with E-state index in [1.807, 2.05) is 31.2 Å². The van der Waals surface area contributed by atoms with Gasteiger partial charge in [0.25, 0.3) is 5.91 Å². The molecule has 0 aliphatic heterocycles. The molecule has 6 nitrogen and oxygen atoms in total. The summed E-state index contributed by atoms with van der Waals surface area (Å²) in [7, 11) is 0. The Morgan fingerprint density at radius 3 is 2.39 bits per heavy atom. The molecule has 0 aliphatic carbocycles. The van der Waals surface area contributed by atoms with Gasteiger partial charge in [-0.15, -0.1) is 11.3 Å². The first kappa shape index (κ1) is 22.5. The van der Waals surface area contributed by atoms with Crippen LogP contribution in [-0.4, -0.2) is 24.7 Å². The summed E-state index contributed by atoms with van der Waals surface area (Å²) < 4.78 is 11.7. The van der Waals surface area contributed by atoms with Crippen LogP contribution in [0.25, 0.3) is 10.1 Å². The molecular weight excluding hydrogens is 460 g/mol. The number of hydrogen-bond donors (Lipinski definition) is 1. The highest BCUT2D eigenvalue weighted by molar-refractivity contribution is 7.21. The minimum atomic E-state index is -0.509. The van der Waals surface area contributed by atoms with Crippen LogP contribution in [-0.2, 0) is 0 Å². The number of carbonyl (C=O) groups excluding carboxylic acids is 2. The third kappa shape index (κ3) is 5.39. The first-order valence-electron chi connectivity index (χ1n) is 10.1. The van der Waals surface area contributed by atoms with Crippen LogP contribution in [0.4, 0.5) is 0 Å². The molecule has 4 aromatic rings. The molecule has 33 heavy (non-hydrogen) atoms. The number of nitrogens with zero attached hydrogens (tertiary/aromatic N) is 1. The average Bonchev–Trinajstić information content (AvgIpc) is 3.17. The van der Waals surface area contributed by atoms with E-state index in [-0.39, 0.29) is 5.91 Å². The van der Waals surface area contributed by atoms with Gasteiger partial charge in [-0.2, -0.15) is 5.10 Å². The number of amides is 1. The zero-order valence-electron chi connectivity index (χ0n) is 17.6. The predicted octanol–water partition coefficient (Wildman–Crippen LogP) is 5.94. The van der Waals surface area contributed by atoms with E-state index in [0.717, 1.165) is 15.6 Å². The van der Waals surface area contributed by atoms with Gasteiger partial charge in [-0.3, -0.25) is 4.79 Å².